The molecule has 0 spiro atoms. The Kier molecular flexibility index (Phi) is 7.54. The van der Waals surface area contributed by atoms with E-state index >= 15 is 0 Å². The highest BCUT2D eigenvalue weighted by Crippen LogP contribution is 2.33. The fourth-order valence-corrected chi connectivity index (χ4v) is 4.28. The van der Waals surface area contributed by atoms with Gasteiger partial charge in [0.2, 0.25) is 0 Å². The van der Waals surface area contributed by atoms with Crippen molar-refractivity contribution in [3.8, 4) is 0 Å². The van der Waals surface area contributed by atoms with Crippen LogP contribution in [0.15, 0.2) is 80.7 Å². The van der Waals surface area contributed by atoms with E-state index in [1.54, 1.807) is 0 Å². The standard InChI is InChI=1S/C24H36B4/c1-10-17(15(4)5)26-18(11-2)20-14-22-21(28-20)13-19(27-22)16(6)25-23(12-3)24(7,8)9/h10-15,25-28H,6H2,1-5,7-9H3/b17-10-,18-11-,23-12-. The summed E-state index contributed by atoms with van der Waals surface area (Å²) in [5.74, 6) is 0.611. The second-order valence-electron chi connectivity index (χ2n) is 9.60. The molecule has 0 radical (unpaired) electrons. The third-order valence-electron chi connectivity index (χ3n) is 6.31. The predicted octanol–water partition coefficient (Wildman–Crippen LogP) is 4.67. The largest absolute Gasteiger partial charge is 0.190 e. The Hall–Kier alpha value is -1.56. The summed E-state index contributed by atoms with van der Waals surface area (Å²) in [6.07, 6.45) is 11.7. The molecule has 0 aromatic carbocycles. The molecule has 0 fully saturated rings. The SMILES string of the molecule is C=C(B/C(=C\C)C(C)(C)C)C1=CC2=C(B1)C=C(/C(B/C(=C\C)C(C)C)=C/C)B2. The minimum atomic E-state index is 0.210. The quantitative estimate of drug-likeness (QED) is 0.574. The van der Waals surface area contributed by atoms with E-state index < -0.39 is 0 Å². The van der Waals surface area contributed by atoms with Gasteiger partial charge in [-0.3, -0.25) is 0 Å². The van der Waals surface area contributed by atoms with Crippen LogP contribution in [-0.4, -0.2) is 29.1 Å². The molecule has 144 valence electrons. The van der Waals surface area contributed by atoms with E-state index in [0.29, 0.717) is 5.92 Å². The van der Waals surface area contributed by atoms with Crippen LogP contribution < -0.4 is 0 Å². The van der Waals surface area contributed by atoms with Crippen molar-refractivity contribution in [2.45, 2.75) is 55.4 Å². The molecule has 2 rings (SSSR count). The summed E-state index contributed by atoms with van der Waals surface area (Å²) in [6.45, 7) is 22.4. The Morgan fingerprint density at radius 3 is 1.96 bits per heavy atom. The Morgan fingerprint density at radius 2 is 1.50 bits per heavy atom. The van der Waals surface area contributed by atoms with Gasteiger partial charge < -0.3 is 0 Å². The molecule has 0 unspecified atom stereocenters. The van der Waals surface area contributed by atoms with Crippen molar-refractivity contribution in [1.82, 2.24) is 0 Å². The zero-order valence-corrected chi connectivity index (χ0v) is 19.5. The molecule has 0 amide bonds. The van der Waals surface area contributed by atoms with Crippen LogP contribution in [0.4, 0.5) is 0 Å². The summed E-state index contributed by atoms with van der Waals surface area (Å²) in [5, 5.41) is 0. The van der Waals surface area contributed by atoms with Crippen molar-refractivity contribution in [3.05, 3.63) is 80.7 Å². The first kappa shape index (κ1) is 22.7. The van der Waals surface area contributed by atoms with Gasteiger partial charge in [-0.2, -0.15) is 0 Å². The summed E-state index contributed by atoms with van der Waals surface area (Å²) >= 11 is 0. The summed E-state index contributed by atoms with van der Waals surface area (Å²) in [6, 6.07) is 0. The maximum Gasteiger partial charge on any atom is 0.190 e. The van der Waals surface area contributed by atoms with Gasteiger partial charge in [-0.1, -0.05) is 103 Å². The molecular formula is C24H36B4. The van der Waals surface area contributed by atoms with Gasteiger partial charge in [-0.25, -0.2) is 0 Å². The second kappa shape index (κ2) is 9.29. The maximum absolute atomic E-state index is 4.43. The van der Waals surface area contributed by atoms with Crippen LogP contribution in [0.2, 0.25) is 0 Å². The number of hydrogen-bond acceptors (Lipinski definition) is 0. The molecule has 0 saturated carbocycles. The lowest BCUT2D eigenvalue weighted by atomic mass is 9.48. The Labute approximate surface area is 176 Å². The van der Waals surface area contributed by atoms with Crippen molar-refractivity contribution < 1.29 is 0 Å². The lowest BCUT2D eigenvalue weighted by Crippen LogP contribution is -2.18. The summed E-state index contributed by atoms with van der Waals surface area (Å²) in [5.41, 5.74) is 12.0. The molecule has 0 aliphatic carbocycles. The maximum atomic E-state index is 4.43. The average molecular weight is 368 g/mol. The van der Waals surface area contributed by atoms with Crippen LogP contribution in [0, 0.1) is 11.3 Å². The van der Waals surface area contributed by atoms with Gasteiger partial charge >= 0.3 is 0 Å². The highest BCUT2D eigenvalue weighted by atomic mass is 14.1. The molecule has 0 nitrogen and oxygen atoms in total. The first-order valence-electron chi connectivity index (χ1n) is 10.9. The molecule has 2 heterocycles. The third-order valence-corrected chi connectivity index (χ3v) is 6.31. The normalized spacial score (nSPS) is 17.8. The molecule has 0 saturated heterocycles. The molecule has 0 atom stereocenters. The van der Waals surface area contributed by atoms with Gasteiger partial charge in [0.25, 0.3) is 0 Å². The van der Waals surface area contributed by atoms with E-state index in [2.05, 4.69) is 92.3 Å². The first-order chi connectivity index (χ1) is 13.1. The fourth-order valence-electron chi connectivity index (χ4n) is 4.28. The van der Waals surface area contributed by atoms with Gasteiger partial charge in [0.1, 0.15) is 0 Å². The van der Waals surface area contributed by atoms with Gasteiger partial charge in [-0.05, 0) is 32.1 Å². The van der Waals surface area contributed by atoms with Gasteiger partial charge in [-0.15, -0.1) is 12.1 Å². The van der Waals surface area contributed by atoms with E-state index in [1.165, 1.54) is 43.8 Å². The van der Waals surface area contributed by atoms with Gasteiger partial charge in [0.15, 0.2) is 29.1 Å². The lowest BCUT2D eigenvalue weighted by molar-refractivity contribution is 0.528. The number of allylic oxidation sites excluding steroid dienone is 13. The smallest absolute Gasteiger partial charge is 0.105 e. The van der Waals surface area contributed by atoms with Crippen LogP contribution in [0.5, 0.6) is 0 Å². The van der Waals surface area contributed by atoms with Crippen molar-refractivity contribution >= 4 is 29.1 Å². The minimum Gasteiger partial charge on any atom is -0.105 e. The highest BCUT2D eigenvalue weighted by molar-refractivity contribution is 6.74. The number of hydrogen-bond donors (Lipinski definition) is 0. The zero-order chi connectivity index (χ0) is 21.1. The lowest BCUT2D eigenvalue weighted by Gasteiger charge is -2.23. The van der Waals surface area contributed by atoms with Gasteiger partial charge in [0.05, 0.1) is 0 Å². The topological polar surface area (TPSA) is 0 Å². The Bertz CT molecular complexity index is 821. The van der Waals surface area contributed by atoms with Crippen LogP contribution in [0.25, 0.3) is 0 Å². The van der Waals surface area contributed by atoms with Crippen LogP contribution >= 0.6 is 0 Å². The van der Waals surface area contributed by atoms with Crippen LogP contribution in [-0.2, 0) is 0 Å². The number of rotatable bonds is 7. The summed E-state index contributed by atoms with van der Waals surface area (Å²) in [7, 11) is 4.20. The van der Waals surface area contributed by atoms with E-state index in [0.717, 1.165) is 29.1 Å². The molecule has 0 N–H and O–H groups in total. The van der Waals surface area contributed by atoms with Gasteiger partial charge in [0, 0.05) is 0 Å². The molecule has 2 aliphatic heterocycles. The van der Waals surface area contributed by atoms with E-state index in [4.69, 9.17) is 0 Å². The average Bonchev–Trinajstić information content (AvgIpc) is 3.18. The predicted molar refractivity (Wildman–Crippen MR) is 136 cm³/mol. The van der Waals surface area contributed by atoms with Crippen LogP contribution in [0.1, 0.15) is 55.4 Å². The molecule has 4 heteroatoms. The monoisotopic (exact) mass is 368 g/mol. The molecule has 0 bridgehead atoms. The van der Waals surface area contributed by atoms with Crippen molar-refractivity contribution in [1.29, 1.82) is 0 Å². The fraction of sp³-hybridized carbons (Fsp3) is 0.417. The summed E-state index contributed by atoms with van der Waals surface area (Å²) in [4.78, 5) is 0. The second-order valence-corrected chi connectivity index (χ2v) is 9.60. The molecular weight excluding hydrogens is 332 g/mol. The van der Waals surface area contributed by atoms with E-state index in [9.17, 15) is 0 Å². The summed E-state index contributed by atoms with van der Waals surface area (Å²) < 4.78 is 0. The van der Waals surface area contributed by atoms with Crippen LogP contribution in [0.3, 0.4) is 0 Å². The third kappa shape index (κ3) is 5.28. The van der Waals surface area contributed by atoms with Crippen molar-refractivity contribution in [2.75, 3.05) is 0 Å². The van der Waals surface area contributed by atoms with E-state index in [1.807, 2.05) is 0 Å². The minimum absolute atomic E-state index is 0.210. The highest BCUT2D eigenvalue weighted by Gasteiger charge is 2.27. The molecule has 28 heavy (non-hydrogen) atoms. The first-order valence-corrected chi connectivity index (χ1v) is 10.9. The Balaban J connectivity index is 2.04. The van der Waals surface area contributed by atoms with Crippen molar-refractivity contribution in [3.63, 3.8) is 0 Å². The molecule has 2 aliphatic rings. The van der Waals surface area contributed by atoms with Crippen molar-refractivity contribution in [2.24, 2.45) is 11.3 Å². The Morgan fingerprint density at radius 1 is 0.929 bits per heavy atom. The van der Waals surface area contributed by atoms with E-state index in [-0.39, 0.29) is 5.41 Å². The molecule has 0 aromatic heterocycles. The zero-order valence-electron chi connectivity index (χ0n) is 19.5. The molecule has 0 aromatic rings.